The first-order chi connectivity index (χ1) is 8.35. The summed E-state index contributed by atoms with van der Waals surface area (Å²) in [7, 11) is 3.52. The predicted molar refractivity (Wildman–Crippen MR) is 75.7 cm³/mol. The SMILES string of the molecule is CCc1nn(C)c(CC(O)(COC)C(C)C)c1Br. The maximum Gasteiger partial charge on any atom is 0.0958 e. The van der Waals surface area contributed by atoms with E-state index in [1.54, 1.807) is 7.11 Å². The van der Waals surface area contributed by atoms with E-state index >= 15 is 0 Å². The van der Waals surface area contributed by atoms with Crippen LogP contribution in [0.2, 0.25) is 0 Å². The van der Waals surface area contributed by atoms with Crippen LogP contribution in [0.15, 0.2) is 4.47 Å². The normalized spacial score (nSPS) is 15.1. The van der Waals surface area contributed by atoms with Gasteiger partial charge >= 0.3 is 0 Å². The molecule has 104 valence electrons. The van der Waals surface area contributed by atoms with Crippen molar-refractivity contribution in [2.45, 2.75) is 39.2 Å². The van der Waals surface area contributed by atoms with E-state index in [1.165, 1.54) is 0 Å². The lowest BCUT2D eigenvalue weighted by molar-refractivity contribution is -0.0649. The standard InChI is InChI=1S/C13H23BrN2O2/c1-6-10-12(14)11(16(4)15-10)7-13(17,8-18-5)9(2)3/h9,17H,6-8H2,1-5H3. The second-order valence-electron chi connectivity index (χ2n) is 5.05. The molecule has 0 spiro atoms. The number of aryl methyl sites for hydroxylation is 2. The molecule has 1 heterocycles. The quantitative estimate of drug-likeness (QED) is 0.875. The number of aliphatic hydroxyl groups is 1. The topological polar surface area (TPSA) is 47.3 Å². The predicted octanol–water partition coefficient (Wildman–Crippen LogP) is 2.32. The highest BCUT2D eigenvalue weighted by molar-refractivity contribution is 9.10. The Balaban J connectivity index is 3.04. The van der Waals surface area contributed by atoms with Gasteiger partial charge in [0, 0.05) is 20.6 Å². The van der Waals surface area contributed by atoms with Crippen LogP contribution < -0.4 is 0 Å². The summed E-state index contributed by atoms with van der Waals surface area (Å²) < 4.78 is 8.00. The molecule has 0 aromatic carbocycles. The highest BCUT2D eigenvalue weighted by Crippen LogP contribution is 2.29. The molecule has 1 aromatic rings. The van der Waals surface area contributed by atoms with E-state index < -0.39 is 5.60 Å². The molecule has 18 heavy (non-hydrogen) atoms. The van der Waals surface area contributed by atoms with Gasteiger partial charge in [-0.25, -0.2) is 0 Å². The van der Waals surface area contributed by atoms with E-state index in [2.05, 4.69) is 28.0 Å². The van der Waals surface area contributed by atoms with Crippen LogP contribution in [0.25, 0.3) is 0 Å². The molecule has 5 heteroatoms. The number of hydrogen-bond acceptors (Lipinski definition) is 3. The summed E-state index contributed by atoms with van der Waals surface area (Å²) in [6.07, 6.45) is 1.40. The minimum atomic E-state index is -0.865. The molecule has 0 radical (unpaired) electrons. The minimum Gasteiger partial charge on any atom is -0.387 e. The molecule has 0 fully saturated rings. The lowest BCUT2D eigenvalue weighted by atomic mass is 9.86. The Morgan fingerprint density at radius 2 is 2.11 bits per heavy atom. The Kier molecular flexibility index (Phi) is 5.37. The second-order valence-corrected chi connectivity index (χ2v) is 5.85. The van der Waals surface area contributed by atoms with Crippen molar-refractivity contribution in [2.75, 3.05) is 13.7 Å². The van der Waals surface area contributed by atoms with Gasteiger partial charge in [0.1, 0.15) is 0 Å². The summed E-state index contributed by atoms with van der Waals surface area (Å²) in [5, 5.41) is 15.1. The van der Waals surface area contributed by atoms with E-state index in [9.17, 15) is 5.11 Å². The molecule has 0 bridgehead atoms. The van der Waals surface area contributed by atoms with Crippen LogP contribution in [0.3, 0.4) is 0 Å². The molecule has 0 amide bonds. The number of ether oxygens (including phenoxy) is 1. The highest BCUT2D eigenvalue weighted by atomic mass is 79.9. The lowest BCUT2D eigenvalue weighted by Gasteiger charge is -2.31. The summed E-state index contributed by atoms with van der Waals surface area (Å²) in [6.45, 7) is 6.40. The minimum absolute atomic E-state index is 0.115. The average molecular weight is 319 g/mol. The number of aromatic nitrogens is 2. The van der Waals surface area contributed by atoms with E-state index in [1.807, 2.05) is 25.6 Å². The van der Waals surface area contributed by atoms with Crippen LogP contribution in [-0.4, -0.2) is 34.2 Å². The van der Waals surface area contributed by atoms with Crippen molar-refractivity contribution in [1.29, 1.82) is 0 Å². The third kappa shape index (κ3) is 3.13. The molecule has 1 aromatic heterocycles. The Bertz CT molecular complexity index is 404. The zero-order valence-corrected chi connectivity index (χ0v) is 13.4. The van der Waals surface area contributed by atoms with Crippen molar-refractivity contribution in [1.82, 2.24) is 9.78 Å². The maximum absolute atomic E-state index is 10.7. The molecule has 1 rings (SSSR count). The third-order valence-electron chi connectivity index (χ3n) is 3.45. The summed E-state index contributed by atoms with van der Waals surface area (Å²) in [5.41, 5.74) is 1.17. The van der Waals surface area contributed by atoms with Crippen LogP contribution in [0.1, 0.15) is 32.2 Å². The second kappa shape index (κ2) is 6.17. The average Bonchev–Trinajstić information content (AvgIpc) is 2.56. The molecule has 4 nitrogen and oxygen atoms in total. The van der Waals surface area contributed by atoms with Crippen LogP contribution in [0.5, 0.6) is 0 Å². The number of nitrogens with zero attached hydrogens (tertiary/aromatic N) is 2. The maximum atomic E-state index is 10.7. The van der Waals surface area contributed by atoms with Gasteiger partial charge in [0.25, 0.3) is 0 Å². The van der Waals surface area contributed by atoms with Gasteiger partial charge in [0.05, 0.1) is 28.1 Å². The molecular formula is C13H23BrN2O2. The van der Waals surface area contributed by atoms with E-state index in [0.717, 1.165) is 22.3 Å². The first kappa shape index (κ1) is 15.7. The van der Waals surface area contributed by atoms with Gasteiger partial charge in [-0.1, -0.05) is 20.8 Å². The molecule has 0 aliphatic heterocycles. The van der Waals surface area contributed by atoms with Gasteiger partial charge in [-0.3, -0.25) is 4.68 Å². The number of rotatable bonds is 6. The zero-order valence-electron chi connectivity index (χ0n) is 11.8. The smallest absolute Gasteiger partial charge is 0.0958 e. The fourth-order valence-electron chi connectivity index (χ4n) is 1.97. The first-order valence-corrected chi connectivity index (χ1v) is 7.06. The number of hydrogen-bond donors (Lipinski definition) is 1. The van der Waals surface area contributed by atoms with Crippen molar-refractivity contribution < 1.29 is 9.84 Å². The molecular weight excluding hydrogens is 296 g/mol. The van der Waals surface area contributed by atoms with Crippen LogP contribution in [0, 0.1) is 5.92 Å². The molecule has 0 aliphatic carbocycles. The van der Waals surface area contributed by atoms with Gasteiger partial charge in [-0.05, 0) is 28.3 Å². The van der Waals surface area contributed by atoms with E-state index in [4.69, 9.17) is 4.74 Å². The van der Waals surface area contributed by atoms with Crippen molar-refractivity contribution in [3.8, 4) is 0 Å². The molecule has 0 saturated heterocycles. The largest absolute Gasteiger partial charge is 0.387 e. The molecule has 1 atom stereocenters. The first-order valence-electron chi connectivity index (χ1n) is 6.27. The van der Waals surface area contributed by atoms with Gasteiger partial charge in [-0.2, -0.15) is 5.10 Å². The Hall–Kier alpha value is -0.390. The fraction of sp³-hybridized carbons (Fsp3) is 0.769. The van der Waals surface area contributed by atoms with Crippen molar-refractivity contribution in [3.05, 3.63) is 15.9 Å². The van der Waals surface area contributed by atoms with Crippen LogP contribution in [0.4, 0.5) is 0 Å². The van der Waals surface area contributed by atoms with E-state index in [-0.39, 0.29) is 5.92 Å². The third-order valence-corrected chi connectivity index (χ3v) is 4.36. The summed E-state index contributed by atoms with van der Waals surface area (Å²) in [6, 6.07) is 0. The molecule has 0 saturated carbocycles. The molecule has 1 N–H and O–H groups in total. The summed E-state index contributed by atoms with van der Waals surface area (Å²) >= 11 is 3.58. The van der Waals surface area contributed by atoms with E-state index in [0.29, 0.717) is 13.0 Å². The monoisotopic (exact) mass is 318 g/mol. The lowest BCUT2D eigenvalue weighted by Crippen LogP contribution is -2.42. The number of methoxy groups -OCH3 is 1. The molecule has 0 aliphatic rings. The van der Waals surface area contributed by atoms with Crippen LogP contribution in [-0.2, 0) is 24.6 Å². The van der Waals surface area contributed by atoms with Crippen molar-refractivity contribution in [2.24, 2.45) is 13.0 Å². The number of halogens is 1. The Labute approximate surface area is 117 Å². The summed E-state index contributed by atoms with van der Waals surface area (Å²) in [5.74, 6) is 0.115. The summed E-state index contributed by atoms with van der Waals surface area (Å²) in [4.78, 5) is 0. The Morgan fingerprint density at radius 1 is 1.50 bits per heavy atom. The van der Waals surface area contributed by atoms with Crippen LogP contribution >= 0.6 is 15.9 Å². The van der Waals surface area contributed by atoms with Crippen molar-refractivity contribution >= 4 is 15.9 Å². The van der Waals surface area contributed by atoms with Gasteiger partial charge in [0.15, 0.2) is 0 Å². The highest BCUT2D eigenvalue weighted by Gasteiger charge is 2.33. The zero-order chi connectivity index (χ0) is 13.9. The van der Waals surface area contributed by atoms with Gasteiger partial charge in [0.2, 0.25) is 0 Å². The van der Waals surface area contributed by atoms with Gasteiger partial charge < -0.3 is 9.84 Å². The van der Waals surface area contributed by atoms with Crippen molar-refractivity contribution in [3.63, 3.8) is 0 Å². The Morgan fingerprint density at radius 3 is 2.50 bits per heavy atom. The fourth-order valence-corrected chi connectivity index (χ4v) is 2.73. The van der Waals surface area contributed by atoms with Gasteiger partial charge in [-0.15, -0.1) is 0 Å². The molecule has 1 unspecified atom stereocenters.